The van der Waals surface area contributed by atoms with Crippen molar-refractivity contribution in [1.82, 2.24) is 10.6 Å². The maximum absolute atomic E-state index is 11.7. The molecule has 0 radical (unpaired) electrons. The lowest BCUT2D eigenvalue weighted by atomic mass is 10.1. The number of aryl methyl sites for hydroxylation is 1. The van der Waals surface area contributed by atoms with Crippen LogP contribution in [-0.2, 0) is 0 Å². The number of benzene rings is 1. The number of carbonyl (C=O) groups is 1. The summed E-state index contributed by atoms with van der Waals surface area (Å²) in [4.78, 5) is 15.8. The van der Waals surface area contributed by atoms with Crippen molar-refractivity contribution in [2.24, 2.45) is 4.99 Å². The first-order valence-electron chi connectivity index (χ1n) is 5.57. The standard InChI is InChI=1S/C12H13N5O/c1-8-3-2-4-9(7-13)10(8)16-12(18)17-11-14-5-6-15-11/h2-4H,5-6H2,1H3,(H3,14,15,16,17,18). The number of amides is 2. The molecule has 0 aliphatic carbocycles. The van der Waals surface area contributed by atoms with Crippen LogP contribution in [0.3, 0.4) is 0 Å². The number of anilines is 1. The molecule has 0 fully saturated rings. The third kappa shape index (κ3) is 2.58. The van der Waals surface area contributed by atoms with Crippen LogP contribution in [0.4, 0.5) is 10.5 Å². The minimum absolute atomic E-state index is 0.408. The van der Waals surface area contributed by atoms with Gasteiger partial charge < -0.3 is 10.6 Å². The van der Waals surface area contributed by atoms with E-state index in [-0.39, 0.29) is 0 Å². The lowest BCUT2D eigenvalue weighted by Crippen LogP contribution is -2.40. The molecule has 1 aromatic carbocycles. The number of aliphatic imine (C=N–C) groups is 1. The van der Waals surface area contributed by atoms with E-state index in [2.05, 4.69) is 20.9 Å². The highest BCUT2D eigenvalue weighted by atomic mass is 16.2. The molecule has 1 aromatic rings. The van der Waals surface area contributed by atoms with Crippen molar-refractivity contribution < 1.29 is 4.79 Å². The van der Waals surface area contributed by atoms with Crippen LogP contribution in [0.1, 0.15) is 11.1 Å². The number of nitrogens with zero attached hydrogens (tertiary/aromatic N) is 2. The molecule has 0 unspecified atom stereocenters. The topological polar surface area (TPSA) is 89.3 Å². The summed E-state index contributed by atoms with van der Waals surface area (Å²) in [5, 5.41) is 17.2. The Labute approximate surface area is 105 Å². The summed E-state index contributed by atoms with van der Waals surface area (Å²) in [6, 6.07) is 6.91. The summed E-state index contributed by atoms with van der Waals surface area (Å²) in [7, 11) is 0. The maximum Gasteiger partial charge on any atom is 0.326 e. The Bertz CT molecular complexity index is 544. The maximum atomic E-state index is 11.7. The van der Waals surface area contributed by atoms with Gasteiger partial charge in [-0.25, -0.2) is 4.79 Å². The SMILES string of the molecule is Cc1cccc(C#N)c1NC(=O)NC1=NCCN1. The van der Waals surface area contributed by atoms with Gasteiger partial charge in [0, 0.05) is 6.54 Å². The minimum atomic E-state index is -0.408. The van der Waals surface area contributed by atoms with Crippen LogP contribution in [0.5, 0.6) is 0 Å². The molecule has 0 spiro atoms. The van der Waals surface area contributed by atoms with Gasteiger partial charge >= 0.3 is 6.03 Å². The van der Waals surface area contributed by atoms with Gasteiger partial charge in [0.1, 0.15) is 6.07 Å². The lowest BCUT2D eigenvalue weighted by Gasteiger charge is -2.11. The third-order valence-corrected chi connectivity index (χ3v) is 2.54. The van der Waals surface area contributed by atoms with E-state index in [1.54, 1.807) is 12.1 Å². The molecule has 1 aliphatic rings. The minimum Gasteiger partial charge on any atom is -0.354 e. The number of nitriles is 1. The van der Waals surface area contributed by atoms with Crippen LogP contribution in [0.2, 0.25) is 0 Å². The summed E-state index contributed by atoms with van der Waals surface area (Å²) in [5.74, 6) is 0.458. The molecule has 0 bridgehead atoms. The van der Waals surface area contributed by atoms with E-state index in [1.807, 2.05) is 19.1 Å². The van der Waals surface area contributed by atoms with Crippen LogP contribution < -0.4 is 16.0 Å². The van der Waals surface area contributed by atoms with Crippen LogP contribution in [0, 0.1) is 18.3 Å². The number of hydrogen-bond donors (Lipinski definition) is 3. The molecule has 0 aromatic heterocycles. The highest BCUT2D eigenvalue weighted by Crippen LogP contribution is 2.19. The molecule has 2 amide bonds. The van der Waals surface area contributed by atoms with Crippen LogP contribution in [0.25, 0.3) is 0 Å². The predicted octanol–water partition coefficient (Wildman–Crippen LogP) is 0.947. The fourth-order valence-corrected chi connectivity index (χ4v) is 1.66. The van der Waals surface area contributed by atoms with Crippen molar-refractivity contribution in [1.29, 1.82) is 5.26 Å². The summed E-state index contributed by atoms with van der Waals surface area (Å²) >= 11 is 0. The fourth-order valence-electron chi connectivity index (χ4n) is 1.66. The summed E-state index contributed by atoms with van der Waals surface area (Å²) in [6.07, 6.45) is 0. The number of para-hydroxylation sites is 1. The highest BCUT2D eigenvalue weighted by molar-refractivity contribution is 6.03. The molecule has 3 N–H and O–H groups in total. The summed E-state index contributed by atoms with van der Waals surface area (Å²) in [6.45, 7) is 3.22. The lowest BCUT2D eigenvalue weighted by molar-refractivity contribution is 0.256. The second-order valence-corrected chi connectivity index (χ2v) is 3.85. The Morgan fingerprint density at radius 1 is 1.50 bits per heavy atom. The first-order valence-corrected chi connectivity index (χ1v) is 5.57. The number of nitrogens with one attached hydrogen (secondary N) is 3. The van der Waals surface area contributed by atoms with E-state index < -0.39 is 6.03 Å². The van der Waals surface area contributed by atoms with Gasteiger partial charge in [-0.15, -0.1) is 0 Å². The van der Waals surface area contributed by atoms with Gasteiger partial charge in [0.15, 0.2) is 5.96 Å². The first kappa shape index (κ1) is 11.9. The van der Waals surface area contributed by atoms with Crippen molar-refractivity contribution in [3.8, 4) is 6.07 Å². The number of carbonyl (C=O) groups excluding carboxylic acids is 1. The van der Waals surface area contributed by atoms with Crippen LogP contribution >= 0.6 is 0 Å². The largest absolute Gasteiger partial charge is 0.354 e. The van der Waals surface area contributed by atoms with Gasteiger partial charge in [-0.1, -0.05) is 12.1 Å². The average Bonchev–Trinajstić information content (AvgIpc) is 2.84. The van der Waals surface area contributed by atoms with Crippen molar-refractivity contribution in [2.75, 3.05) is 18.4 Å². The number of guanidine groups is 1. The van der Waals surface area contributed by atoms with Gasteiger partial charge in [-0.3, -0.25) is 10.3 Å². The molecule has 2 rings (SSSR count). The third-order valence-electron chi connectivity index (χ3n) is 2.54. The summed E-state index contributed by atoms with van der Waals surface area (Å²) in [5.41, 5.74) is 1.80. The zero-order valence-corrected chi connectivity index (χ0v) is 9.95. The van der Waals surface area contributed by atoms with E-state index in [4.69, 9.17) is 5.26 Å². The summed E-state index contributed by atoms with van der Waals surface area (Å²) < 4.78 is 0. The number of rotatable bonds is 1. The molecule has 18 heavy (non-hydrogen) atoms. The number of urea groups is 1. The molecule has 1 aliphatic heterocycles. The molecule has 0 atom stereocenters. The Morgan fingerprint density at radius 3 is 3.00 bits per heavy atom. The van der Waals surface area contributed by atoms with E-state index in [0.29, 0.717) is 23.8 Å². The van der Waals surface area contributed by atoms with E-state index >= 15 is 0 Å². The van der Waals surface area contributed by atoms with Crippen LogP contribution in [-0.4, -0.2) is 25.1 Å². The average molecular weight is 243 g/mol. The zero-order chi connectivity index (χ0) is 13.0. The Morgan fingerprint density at radius 2 is 2.33 bits per heavy atom. The monoisotopic (exact) mass is 243 g/mol. The second-order valence-electron chi connectivity index (χ2n) is 3.85. The predicted molar refractivity (Wildman–Crippen MR) is 68.4 cm³/mol. The molecule has 6 heteroatoms. The number of hydrogen-bond acceptors (Lipinski definition) is 4. The van der Waals surface area contributed by atoms with Crippen molar-refractivity contribution in [3.63, 3.8) is 0 Å². The quantitative estimate of drug-likeness (QED) is 0.686. The van der Waals surface area contributed by atoms with Gasteiger partial charge in [-0.05, 0) is 18.6 Å². The molecular weight excluding hydrogens is 230 g/mol. The van der Waals surface area contributed by atoms with Gasteiger partial charge in [-0.2, -0.15) is 5.26 Å². The van der Waals surface area contributed by atoms with Crippen molar-refractivity contribution in [3.05, 3.63) is 29.3 Å². The van der Waals surface area contributed by atoms with E-state index in [0.717, 1.165) is 12.1 Å². The smallest absolute Gasteiger partial charge is 0.326 e. The van der Waals surface area contributed by atoms with Gasteiger partial charge in [0.25, 0.3) is 0 Å². The molecule has 0 saturated heterocycles. The van der Waals surface area contributed by atoms with Gasteiger partial charge in [0.05, 0.1) is 17.8 Å². The zero-order valence-electron chi connectivity index (χ0n) is 9.95. The molecular formula is C12H13N5O. The molecule has 0 saturated carbocycles. The van der Waals surface area contributed by atoms with E-state index in [9.17, 15) is 4.79 Å². The van der Waals surface area contributed by atoms with E-state index in [1.165, 1.54) is 0 Å². The van der Waals surface area contributed by atoms with Gasteiger partial charge in [0.2, 0.25) is 0 Å². The normalized spacial score (nSPS) is 13.2. The Balaban J connectivity index is 2.09. The molecule has 92 valence electrons. The fraction of sp³-hybridized carbons (Fsp3) is 0.250. The first-order chi connectivity index (χ1) is 8.70. The van der Waals surface area contributed by atoms with Crippen LogP contribution in [0.15, 0.2) is 23.2 Å². The Hall–Kier alpha value is -2.55. The molecule has 1 heterocycles. The van der Waals surface area contributed by atoms with Crippen molar-refractivity contribution >= 4 is 17.7 Å². The molecule has 6 nitrogen and oxygen atoms in total. The Kier molecular flexibility index (Phi) is 3.44. The van der Waals surface area contributed by atoms with Crippen molar-refractivity contribution in [2.45, 2.75) is 6.92 Å². The highest BCUT2D eigenvalue weighted by Gasteiger charge is 2.12. The second kappa shape index (κ2) is 5.19.